The van der Waals surface area contributed by atoms with E-state index in [0.717, 1.165) is 17.4 Å². The van der Waals surface area contributed by atoms with Crippen LogP contribution in [-0.4, -0.2) is 38.3 Å². The Labute approximate surface area is 177 Å². The molecule has 30 heavy (non-hydrogen) atoms. The summed E-state index contributed by atoms with van der Waals surface area (Å²) >= 11 is 6.08. The van der Waals surface area contributed by atoms with Gasteiger partial charge in [0.05, 0.1) is 23.6 Å². The SMILES string of the molecule is CCCCn1c(=O)n(CC(=O)Nc2ccccc2Cl)c(=O)c2c1ncn2CCOC. The van der Waals surface area contributed by atoms with Crippen LogP contribution < -0.4 is 16.6 Å². The van der Waals surface area contributed by atoms with Gasteiger partial charge >= 0.3 is 5.69 Å². The van der Waals surface area contributed by atoms with Crippen LogP contribution in [0.5, 0.6) is 0 Å². The highest BCUT2D eigenvalue weighted by Gasteiger charge is 2.19. The number of benzene rings is 1. The molecule has 0 spiro atoms. The lowest BCUT2D eigenvalue weighted by Crippen LogP contribution is -2.43. The molecule has 0 aliphatic heterocycles. The van der Waals surface area contributed by atoms with Crippen LogP contribution in [0.4, 0.5) is 5.69 Å². The van der Waals surface area contributed by atoms with E-state index in [0.29, 0.717) is 36.1 Å². The van der Waals surface area contributed by atoms with Crippen molar-refractivity contribution in [3.8, 4) is 0 Å². The van der Waals surface area contributed by atoms with Crippen molar-refractivity contribution in [3.63, 3.8) is 0 Å². The number of aryl methyl sites for hydroxylation is 1. The highest BCUT2D eigenvalue weighted by Crippen LogP contribution is 2.20. The number of nitrogens with zero attached hydrogens (tertiary/aromatic N) is 4. The molecule has 0 aliphatic rings. The van der Waals surface area contributed by atoms with E-state index in [1.807, 2.05) is 6.92 Å². The Morgan fingerprint density at radius 2 is 1.97 bits per heavy atom. The fourth-order valence-corrected chi connectivity index (χ4v) is 3.33. The van der Waals surface area contributed by atoms with E-state index >= 15 is 0 Å². The average Bonchev–Trinajstić information content (AvgIpc) is 3.15. The zero-order valence-corrected chi connectivity index (χ0v) is 17.7. The van der Waals surface area contributed by atoms with Gasteiger partial charge in [-0.25, -0.2) is 14.3 Å². The Balaban J connectivity index is 2.04. The van der Waals surface area contributed by atoms with Gasteiger partial charge < -0.3 is 14.6 Å². The summed E-state index contributed by atoms with van der Waals surface area (Å²) in [6.45, 7) is 2.76. The summed E-state index contributed by atoms with van der Waals surface area (Å²) < 4.78 is 9.13. The van der Waals surface area contributed by atoms with Crippen molar-refractivity contribution in [1.29, 1.82) is 0 Å². The fraction of sp³-hybridized carbons (Fsp3) is 0.400. The van der Waals surface area contributed by atoms with E-state index in [1.165, 1.54) is 10.9 Å². The minimum Gasteiger partial charge on any atom is -0.383 e. The van der Waals surface area contributed by atoms with Gasteiger partial charge in [-0.3, -0.25) is 14.2 Å². The van der Waals surface area contributed by atoms with E-state index in [1.54, 1.807) is 35.9 Å². The van der Waals surface area contributed by atoms with Crippen molar-refractivity contribution in [1.82, 2.24) is 18.7 Å². The van der Waals surface area contributed by atoms with E-state index in [-0.39, 0.29) is 5.52 Å². The molecular formula is C20H24ClN5O4. The van der Waals surface area contributed by atoms with Gasteiger partial charge in [-0.05, 0) is 18.6 Å². The molecule has 1 amide bonds. The predicted molar refractivity (Wildman–Crippen MR) is 115 cm³/mol. The van der Waals surface area contributed by atoms with Gasteiger partial charge in [0, 0.05) is 20.2 Å². The number of methoxy groups -OCH3 is 1. The summed E-state index contributed by atoms with van der Waals surface area (Å²) in [5.41, 5.74) is -0.127. The number of nitrogens with one attached hydrogen (secondary N) is 1. The Morgan fingerprint density at radius 1 is 1.20 bits per heavy atom. The molecule has 0 unspecified atom stereocenters. The average molecular weight is 434 g/mol. The standard InChI is InChI=1S/C20H24ClN5O4/c1-3-4-9-25-18-17(24(13-22-18)10-11-30-2)19(28)26(20(25)29)12-16(27)23-15-8-6-5-7-14(15)21/h5-8,13H,3-4,9-12H2,1-2H3,(H,23,27). The summed E-state index contributed by atoms with van der Waals surface area (Å²) in [6.07, 6.45) is 3.12. The number of fused-ring (bicyclic) bond motifs is 1. The molecule has 0 aliphatic carbocycles. The fourth-order valence-electron chi connectivity index (χ4n) is 3.15. The largest absolute Gasteiger partial charge is 0.383 e. The van der Waals surface area contributed by atoms with Crippen LogP contribution in [0.3, 0.4) is 0 Å². The van der Waals surface area contributed by atoms with Gasteiger partial charge in [-0.1, -0.05) is 37.1 Å². The predicted octanol–water partition coefficient (Wildman–Crippen LogP) is 2.10. The third-order valence-electron chi connectivity index (χ3n) is 4.70. The molecule has 2 aromatic heterocycles. The van der Waals surface area contributed by atoms with Crippen molar-refractivity contribution in [2.45, 2.75) is 39.4 Å². The molecule has 3 rings (SSSR count). The molecule has 3 aromatic rings. The van der Waals surface area contributed by atoms with E-state index in [4.69, 9.17) is 16.3 Å². The first kappa shape index (κ1) is 21.8. The Kier molecular flexibility index (Phi) is 7.07. The number of rotatable bonds is 9. The molecule has 9 nitrogen and oxygen atoms in total. The lowest BCUT2D eigenvalue weighted by molar-refractivity contribution is -0.116. The highest BCUT2D eigenvalue weighted by atomic mass is 35.5. The zero-order chi connectivity index (χ0) is 21.7. The van der Waals surface area contributed by atoms with Gasteiger partial charge in [-0.15, -0.1) is 0 Å². The maximum atomic E-state index is 13.1. The first-order valence-electron chi connectivity index (χ1n) is 9.69. The number of carbonyl (C=O) groups excluding carboxylic acids is 1. The number of para-hydroxylation sites is 1. The quantitative estimate of drug-likeness (QED) is 0.557. The topological polar surface area (TPSA) is 100 Å². The van der Waals surface area contributed by atoms with Gasteiger partial charge in [0.15, 0.2) is 11.2 Å². The van der Waals surface area contributed by atoms with E-state index < -0.39 is 23.7 Å². The molecule has 10 heteroatoms. The first-order chi connectivity index (χ1) is 14.5. The van der Waals surface area contributed by atoms with Crippen molar-refractivity contribution >= 4 is 34.4 Å². The molecule has 0 saturated heterocycles. The van der Waals surface area contributed by atoms with E-state index in [9.17, 15) is 14.4 Å². The molecule has 1 aromatic carbocycles. The summed E-state index contributed by atoms with van der Waals surface area (Å²) in [5, 5.41) is 3.01. The number of carbonyl (C=O) groups is 1. The number of imidazole rings is 1. The molecule has 1 N–H and O–H groups in total. The number of ether oxygens (including phenoxy) is 1. The summed E-state index contributed by atoms with van der Waals surface area (Å²) in [7, 11) is 1.56. The minimum atomic E-state index is -0.564. The Hall–Kier alpha value is -2.91. The Bertz CT molecular complexity index is 1160. The minimum absolute atomic E-state index is 0.272. The van der Waals surface area contributed by atoms with Crippen LogP contribution in [-0.2, 0) is 29.2 Å². The maximum Gasteiger partial charge on any atom is 0.333 e. The molecule has 160 valence electrons. The lowest BCUT2D eigenvalue weighted by Gasteiger charge is -2.13. The number of hydrogen-bond acceptors (Lipinski definition) is 5. The van der Waals surface area contributed by atoms with Gasteiger partial charge in [0.2, 0.25) is 5.91 Å². The second-order valence-corrected chi connectivity index (χ2v) is 7.22. The van der Waals surface area contributed by atoms with E-state index in [2.05, 4.69) is 10.3 Å². The van der Waals surface area contributed by atoms with Gasteiger partial charge in [-0.2, -0.15) is 0 Å². The highest BCUT2D eigenvalue weighted by molar-refractivity contribution is 6.33. The number of unbranched alkanes of at least 4 members (excludes halogenated alkanes) is 1. The van der Waals surface area contributed by atoms with Crippen molar-refractivity contribution in [2.75, 3.05) is 19.0 Å². The van der Waals surface area contributed by atoms with Crippen LogP contribution >= 0.6 is 11.6 Å². The molecule has 0 saturated carbocycles. The molecule has 0 radical (unpaired) electrons. The van der Waals surface area contributed by atoms with Crippen molar-refractivity contribution in [2.24, 2.45) is 0 Å². The molecule has 2 heterocycles. The number of hydrogen-bond donors (Lipinski definition) is 1. The van der Waals surface area contributed by atoms with Gasteiger partial charge in [0.25, 0.3) is 5.56 Å². The van der Waals surface area contributed by atoms with Crippen molar-refractivity contribution < 1.29 is 9.53 Å². The monoisotopic (exact) mass is 433 g/mol. The molecule has 0 fully saturated rings. The van der Waals surface area contributed by atoms with Gasteiger partial charge in [0.1, 0.15) is 6.54 Å². The normalized spacial score (nSPS) is 11.2. The number of amides is 1. The maximum absolute atomic E-state index is 13.1. The summed E-state index contributed by atoms with van der Waals surface area (Å²) in [5.74, 6) is -0.522. The molecule has 0 bridgehead atoms. The first-order valence-corrected chi connectivity index (χ1v) is 10.1. The smallest absolute Gasteiger partial charge is 0.333 e. The lowest BCUT2D eigenvalue weighted by atomic mass is 10.3. The number of halogens is 1. The summed E-state index contributed by atoms with van der Waals surface area (Å²) in [4.78, 5) is 43.0. The van der Waals surface area contributed by atoms with Crippen LogP contribution in [0.25, 0.3) is 11.2 Å². The zero-order valence-electron chi connectivity index (χ0n) is 16.9. The van der Waals surface area contributed by atoms with Crippen LogP contribution in [0.1, 0.15) is 19.8 Å². The number of anilines is 1. The second kappa shape index (κ2) is 9.73. The molecule has 0 atom stereocenters. The van der Waals surface area contributed by atoms with Crippen LogP contribution in [0.2, 0.25) is 5.02 Å². The van der Waals surface area contributed by atoms with Crippen LogP contribution in [0.15, 0.2) is 40.2 Å². The summed E-state index contributed by atoms with van der Waals surface area (Å²) in [6, 6.07) is 6.75. The molecular weight excluding hydrogens is 410 g/mol. The third-order valence-corrected chi connectivity index (χ3v) is 5.03. The third kappa shape index (κ3) is 4.47. The van der Waals surface area contributed by atoms with Crippen molar-refractivity contribution in [3.05, 3.63) is 56.5 Å². The second-order valence-electron chi connectivity index (χ2n) is 6.81. The number of aromatic nitrogens is 4. The van der Waals surface area contributed by atoms with Crippen LogP contribution in [0, 0.1) is 0 Å². The Morgan fingerprint density at radius 3 is 2.67 bits per heavy atom.